The molecule has 13 heavy (non-hydrogen) atoms. The lowest BCUT2D eigenvalue weighted by Gasteiger charge is -2.41. The molecule has 0 amide bonds. The lowest BCUT2D eigenvalue weighted by atomic mass is 9.89. The topological polar surface area (TPSA) is 47.3 Å². The van der Waals surface area contributed by atoms with E-state index in [2.05, 4.69) is 5.43 Å². The van der Waals surface area contributed by atoms with Gasteiger partial charge in [0, 0.05) is 5.02 Å². The third-order valence-electron chi connectivity index (χ3n) is 2.36. The summed E-state index contributed by atoms with van der Waals surface area (Å²) in [4.78, 5) is 0. The molecule has 1 aliphatic rings. The molecule has 3 N–H and O–H groups in total. The van der Waals surface area contributed by atoms with Crippen molar-refractivity contribution in [3.8, 4) is 0 Å². The molecule has 0 bridgehead atoms. The summed E-state index contributed by atoms with van der Waals surface area (Å²) in [7, 11) is 0. The fourth-order valence-corrected chi connectivity index (χ4v) is 1.79. The van der Waals surface area contributed by atoms with E-state index in [-0.39, 0.29) is 5.54 Å². The highest BCUT2D eigenvalue weighted by molar-refractivity contribution is 6.31. The predicted molar refractivity (Wildman–Crippen MR) is 51.3 cm³/mol. The summed E-state index contributed by atoms with van der Waals surface area (Å²) < 4.78 is 5.14. The highest BCUT2D eigenvalue weighted by Gasteiger charge is 2.40. The normalized spacial score (nSPS) is 19.5. The number of ether oxygens (including phenoxy) is 1. The van der Waals surface area contributed by atoms with Crippen molar-refractivity contribution >= 4 is 11.6 Å². The van der Waals surface area contributed by atoms with Crippen LogP contribution in [0, 0.1) is 0 Å². The van der Waals surface area contributed by atoms with Gasteiger partial charge in [-0.3, -0.25) is 5.84 Å². The number of hydrogen-bond acceptors (Lipinski definition) is 3. The number of nitrogens with two attached hydrogens (primary N) is 1. The van der Waals surface area contributed by atoms with Gasteiger partial charge in [-0.05, 0) is 11.6 Å². The zero-order valence-electron chi connectivity index (χ0n) is 7.09. The summed E-state index contributed by atoms with van der Waals surface area (Å²) in [6, 6.07) is 7.66. The summed E-state index contributed by atoms with van der Waals surface area (Å²) in [5, 5.41) is 0.726. The number of hydrogen-bond donors (Lipinski definition) is 2. The van der Waals surface area contributed by atoms with Crippen LogP contribution < -0.4 is 11.3 Å². The number of nitrogens with one attached hydrogen (secondary N) is 1. The Balaban J connectivity index is 2.38. The first kappa shape index (κ1) is 8.97. The van der Waals surface area contributed by atoms with E-state index in [4.69, 9.17) is 22.2 Å². The molecule has 4 heteroatoms. The molecule has 70 valence electrons. The van der Waals surface area contributed by atoms with Gasteiger partial charge >= 0.3 is 0 Å². The van der Waals surface area contributed by atoms with Crippen molar-refractivity contribution in [2.75, 3.05) is 13.2 Å². The highest BCUT2D eigenvalue weighted by Crippen LogP contribution is 2.33. The fraction of sp³-hybridized carbons (Fsp3) is 0.333. The Hall–Kier alpha value is -0.610. The molecule has 1 fully saturated rings. The van der Waals surface area contributed by atoms with Crippen LogP contribution in [0.3, 0.4) is 0 Å². The molecule has 0 spiro atoms. The number of rotatable bonds is 2. The maximum Gasteiger partial charge on any atom is 0.105 e. The SMILES string of the molecule is NNC1(c2ccccc2Cl)COC1. The fourth-order valence-electron chi connectivity index (χ4n) is 1.47. The monoisotopic (exact) mass is 198 g/mol. The van der Waals surface area contributed by atoms with Crippen LogP contribution in [0.5, 0.6) is 0 Å². The van der Waals surface area contributed by atoms with Gasteiger partial charge in [0.25, 0.3) is 0 Å². The molecule has 1 heterocycles. The second-order valence-electron chi connectivity index (χ2n) is 3.20. The minimum atomic E-state index is -0.279. The average molecular weight is 199 g/mol. The molecule has 0 saturated carbocycles. The zero-order chi connectivity index (χ0) is 9.31. The Labute approximate surface area is 81.8 Å². The van der Waals surface area contributed by atoms with E-state index < -0.39 is 0 Å². The predicted octanol–water partition coefficient (Wildman–Crippen LogP) is 1.03. The Bertz CT molecular complexity index is 307. The van der Waals surface area contributed by atoms with Crippen LogP contribution in [-0.4, -0.2) is 13.2 Å². The Morgan fingerprint density at radius 3 is 2.54 bits per heavy atom. The van der Waals surface area contributed by atoms with Gasteiger partial charge in [0.1, 0.15) is 5.54 Å². The van der Waals surface area contributed by atoms with Gasteiger partial charge in [0.05, 0.1) is 13.2 Å². The zero-order valence-corrected chi connectivity index (χ0v) is 7.84. The van der Waals surface area contributed by atoms with E-state index in [1.165, 1.54) is 0 Å². The van der Waals surface area contributed by atoms with Gasteiger partial charge in [-0.15, -0.1) is 0 Å². The summed E-state index contributed by atoms with van der Waals surface area (Å²) in [5.74, 6) is 5.48. The van der Waals surface area contributed by atoms with Gasteiger partial charge in [-0.2, -0.15) is 0 Å². The Kier molecular flexibility index (Phi) is 2.26. The van der Waals surface area contributed by atoms with Crippen molar-refractivity contribution in [3.05, 3.63) is 34.9 Å². The quantitative estimate of drug-likeness (QED) is 0.551. The van der Waals surface area contributed by atoms with E-state index in [0.29, 0.717) is 13.2 Å². The molecule has 0 aliphatic carbocycles. The van der Waals surface area contributed by atoms with Crippen LogP contribution in [0.4, 0.5) is 0 Å². The molecule has 0 aromatic heterocycles. The van der Waals surface area contributed by atoms with Crippen LogP contribution in [0.15, 0.2) is 24.3 Å². The van der Waals surface area contributed by atoms with Crippen molar-refractivity contribution in [1.29, 1.82) is 0 Å². The lowest BCUT2D eigenvalue weighted by Crippen LogP contribution is -2.60. The molecule has 1 aromatic rings. The maximum absolute atomic E-state index is 6.05. The van der Waals surface area contributed by atoms with Crippen LogP contribution >= 0.6 is 11.6 Å². The van der Waals surface area contributed by atoms with Crippen molar-refractivity contribution < 1.29 is 4.74 Å². The lowest BCUT2D eigenvalue weighted by molar-refractivity contribution is -0.0786. The second-order valence-corrected chi connectivity index (χ2v) is 3.61. The first-order valence-corrected chi connectivity index (χ1v) is 4.47. The average Bonchev–Trinajstić information content (AvgIpc) is 2.07. The van der Waals surface area contributed by atoms with E-state index in [0.717, 1.165) is 10.6 Å². The van der Waals surface area contributed by atoms with E-state index in [1.807, 2.05) is 24.3 Å². The van der Waals surface area contributed by atoms with Crippen molar-refractivity contribution in [2.45, 2.75) is 5.54 Å². The summed E-state index contributed by atoms with van der Waals surface area (Å²) >= 11 is 6.05. The van der Waals surface area contributed by atoms with Crippen LogP contribution in [0.25, 0.3) is 0 Å². The molecule has 1 aromatic carbocycles. The number of hydrazine groups is 1. The molecule has 0 unspecified atom stereocenters. The van der Waals surface area contributed by atoms with Crippen molar-refractivity contribution in [2.24, 2.45) is 5.84 Å². The van der Waals surface area contributed by atoms with Crippen molar-refractivity contribution in [3.63, 3.8) is 0 Å². The Morgan fingerprint density at radius 1 is 1.38 bits per heavy atom. The molecule has 1 aliphatic heterocycles. The van der Waals surface area contributed by atoms with Crippen LogP contribution in [0.1, 0.15) is 5.56 Å². The van der Waals surface area contributed by atoms with E-state index >= 15 is 0 Å². The third-order valence-corrected chi connectivity index (χ3v) is 2.69. The van der Waals surface area contributed by atoms with Gasteiger partial charge in [-0.1, -0.05) is 29.8 Å². The largest absolute Gasteiger partial charge is 0.377 e. The summed E-state index contributed by atoms with van der Waals surface area (Å²) in [6.45, 7) is 1.15. The minimum Gasteiger partial charge on any atom is -0.377 e. The molecule has 2 rings (SSSR count). The molecule has 0 atom stereocenters. The summed E-state index contributed by atoms with van der Waals surface area (Å²) in [6.07, 6.45) is 0. The molecule has 0 radical (unpaired) electrons. The maximum atomic E-state index is 6.05. The second kappa shape index (κ2) is 3.27. The molecular formula is C9H11ClN2O. The Morgan fingerprint density at radius 2 is 2.08 bits per heavy atom. The van der Waals surface area contributed by atoms with Crippen LogP contribution in [-0.2, 0) is 10.3 Å². The summed E-state index contributed by atoms with van der Waals surface area (Å²) in [5.41, 5.74) is 3.49. The van der Waals surface area contributed by atoms with Crippen molar-refractivity contribution in [1.82, 2.24) is 5.43 Å². The highest BCUT2D eigenvalue weighted by atomic mass is 35.5. The van der Waals surface area contributed by atoms with E-state index in [1.54, 1.807) is 0 Å². The molecule has 1 saturated heterocycles. The number of benzene rings is 1. The molecule has 3 nitrogen and oxygen atoms in total. The smallest absolute Gasteiger partial charge is 0.105 e. The standard InChI is InChI=1S/C9H11ClN2O/c10-8-4-2-1-3-7(8)9(12-11)5-13-6-9/h1-4,12H,5-6,11H2. The van der Waals surface area contributed by atoms with Crippen LogP contribution in [0.2, 0.25) is 5.02 Å². The van der Waals surface area contributed by atoms with Gasteiger partial charge in [0.15, 0.2) is 0 Å². The van der Waals surface area contributed by atoms with Gasteiger partial charge < -0.3 is 4.74 Å². The van der Waals surface area contributed by atoms with Gasteiger partial charge in [-0.25, -0.2) is 5.43 Å². The van der Waals surface area contributed by atoms with E-state index in [9.17, 15) is 0 Å². The van der Waals surface area contributed by atoms with Gasteiger partial charge in [0.2, 0.25) is 0 Å². The third kappa shape index (κ3) is 1.34. The molecular weight excluding hydrogens is 188 g/mol. The minimum absolute atomic E-state index is 0.279. The number of halogens is 1. The first-order valence-electron chi connectivity index (χ1n) is 4.09. The first-order chi connectivity index (χ1) is 6.28.